The zero-order chi connectivity index (χ0) is 25.4. The number of aliphatic hydroxyl groups excluding tert-OH is 1. The van der Waals surface area contributed by atoms with E-state index in [1.54, 1.807) is 29.2 Å². The third-order valence-corrected chi connectivity index (χ3v) is 7.13. The lowest BCUT2D eigenvalue weighted by Crippen LogP contribution is -2.56. The van der Waals surface area contributed by atoms with Gasteiger partial charge >= 0.3 is 5.97 Å². The van der Waals surface area contributed by atoms with E-state index in [9.17, 15) is 14.7 Å². The van der Waals surface area contributed by atoms with Gasteiger partial charge < -0.3 is 19.9 Å². The fourth-order valence-electron chi connectivity index (χ4n) is 5.30. The van der Waals surface area contributed by atoms with E-state index in [0.29, 0.717) is 27.6 Å². The van der Waals surface area contributed by atoms with E-state index < -0.39 is 23.7 Å². The second-order valence-corrected chi connectivity index (χ2v) is 9.65. The first kappa shape index (κ1) is 24.3. The zero-order valence-corrected chi connectivity index (χ0v) is 20.8. The molecule has 3 aromatic carbocycles. The quantitative estimate of drug-likeness (QED) is 0.491. The minimum Gasteiger partial charge on any atom is -0.496 e. The van der Waals surface area contributed by atoms with Crippen LogP contribution in [0, 0.1) is 6.92 Å². The van der Waals surface area contributed by atoms with Crippen LogP contribution in [0.15, 0.2) is 66.7 Å². The van der Waals surface area contributed by atoms with Crippen molar-refractivity contribution in [2.24, 2.45) is 0 Å². The van der Waals surface area contributed by atoms with E-state index in [0.717, 1.165) is 11.1 Å². The lowest BCUT2D eigenvalue weighted by atomic mass is 9.80. The molecule has 186 valence electrons. The fraction of sp³-hybridized carbons (Fsp3) is 0.286. The third kappa shape index (κ3) is 4.03. The average molecular weight is 507 g/mol. The number of amides is 1. The molecule has 5 rings (SSSR count). The molecule has 7 nitrogen and oxygen atoms in total. The molecular formula is C28H27ClN2O5. The van der Waals surface area contributed by atoms with Gasteiger partial charge in [-0.3, -0.25) is 14.5 Å². The Morgan fingerprint density at radius 2 is 1.92 bits per heavy atom. The second kappa shape index (κ2) is 9.58. The molecule has 0 spiro atoms. The number of benzene rings is 3. The van der Waals surface area contributed by atoms with Gasteiger partial charge in [0.15, 0.2) is 5.54 Å². The summed E-state index contributed by atoms with van der Waals surface area (Å²) in [5, 5.41) is 14.2. The van der Waals surface area contributed by atoms with Crippen LogP contribution in [0.4, 0.5) is 5.69 Å². The summed E-state index contributed by atoms with van der Waals surface area (Å²) in [6, 6.07) is 19.3. The molecule has 0 aliphatic carbocycles. The number of methoxy groups -OCH3 is 1. The smallest absolute Gasteiger partial charge is 0.323 e. The molecule has 0 bridgehead atoms. The molecule has 2 heterocycles. The molecule has 1 amide bonds. The van der Waals surface area contributed by atoms with Crippen molar-refractivity contribution in [2.45, 2.75) is 37.6 Å². The number of aryl methyl sites for hydroxylation is 1. The van der Waals surface area contributed by atoms with Crippen LogP contribution in [-0.4, -0.2) is 47.7 Å². The number of fused-ring (bicyclic) bond motifs is 1. The predicted octanol–water partition coefficient (Wildman–Crippen LogP) is 4.03. The number of carbonyl (C=O) groups excluding carboxylic acids is 2. The van der Waals surface area contributed by atoms with Crippen LogP contribution in [0.25, 0.3) is 0 Å². The number of anilines is 1. The maximum absolute atomic E-state index is 14.0. The van der Waals surface area contributed by atoms with E-state index in [-0.39, 0.29) is 25.5 Å². The first-order chi connectivity index (χ1) is 17.3. The van der Waals surface area contributed by atoms with Crippen molar-refractivity contribution in [1.82, 2.24) is 4.90 Å². The summed E-state index contributed by atoms with van der Waals surface area (Å²) >= 11 is 6.41. The van der Waals surface area contributed by atoms with Crippen LogP contribution in [0.3, 0.4) is 0 Å². The molecule has 2 aliphatic rings. The summed E-state index contributed by atoms with van der Waals surface area (Å²) in [7, 11) is 1.54. The summed E-state index contributed by atoms with van der Waals surface area (Å²) in [6.07, 6.45) is -0.699. The number of rotatable bonds is 6. The van der Waals surface area contributed by atoms with Crippen molar-refractivity contribution in [1.29, 1.82) is 0 Å². The van der Waals surface area contributed by atoms with Crippen LogP contribution < -0.4 is 10.1 Å². The SMILES string of the molecule is COc1ccc(C)cc1C1(N2C[C@H](O)C[C@H]2C(=O)OCc2ccccc2)C(=O)Nc2ccc(Cl)cc21. The Morgan fingerprint density at radius 3 is 2.67 bits per heavy atom. The number of carbonyl (C=O) groups is 2. The molecule has 0 aromatic heterocycles. The Hall–Kier alpha value is -3.39. The molecule has 1 unspecified atom stereocenters. The molecular weight excluding hydrogens is 480 g/mol. The van der Waals surface area contributed by atoms with E-state index in [1.165, 1.54) is 7.11 Å². The van der Waals surface area contributed by atoms with Crippen LogP contribution in [-0.2, 0) is 26.5 Å². The third-order valence-electron chi connectivity index (χ3n) is 6.90. The Morgan fingerprint density at radius 1 is 1.14 bits per heavy atom. The molecule has 3 aromatic rings. The van der Waals surface area contributed by atoms with Crippen LogP contribution in [0.2, 0.25) is 5.02 Å². The number of halogens is 1. The fourth-order valence-corrected chi connectivity index (χ4v) is 5.48. The number of β-amino-alcohol motifs (C(OH)–C–C–N with tert-alkyl or cyclic N) is 1. The maximum Gasteiger partial charge on any atom is 0.323 e. The zero-order valence-electron chi connectivity index (χ0n) is 20.0. The highest BCUT2D eigenvalue weighted by atomic mass is 35.5. The van der Waals surface area contributed by atoms with Crippen molar-refractivity contribution in [3.05, 3.63) is 94.0 Å². The van der Waals surface area contributed by atoms with Crippen molar-refractivity contribution in [3.63, 3.8) is 0 Å². The highest BCUT2D eigenvalue weighted by Gasteiger charge is 2.59. The first-order valence-electron chi connectivity index (χ1n) is 11.8. The van der Waals surface area contributed by atoms with E-state index in [2.05, 4.69) is 5.32 Å². The molecule has 0 saturated carbocycles. The summed E-state index contributed by atoms with van der Waals surface area (Å²) in [6.45, 7) is 2.10. The van der Waals surface area contributed by atoms with Gasteiger partial charge in [-0.1, -0.05) is 53.6 Å². The molecule has 8 heteroatoms. The predicted molar refractivity (Wildman–Crippen MR) is 136 cm³/mol. The Kier molecular flexibility index (Phi) is 6.47. The van der Waals surface area contributed by atoms with Gasteiger partial charge in [0.25, 0.3) is 5.91 Å². The standard InChI is InChI=1S/C28H27ClN2O5/c1-17-8-11-25(35-2)22(12-17)28(21-13-19(29)9-10-23(21)30-27(28)34)31-15-20(32)14-24(31)26(33)36-16-18-6-4-3-5-7-18/h3-13,20,24,32H,14-16H2,1-2H3,(H,30,34)/t20-,24+,28?/m1/s1. The Balaban J connectivity index is 1.65. The summed E-state index contributed by atoms with van der Waals surface area (Å²) in [4.78, 5) is 29.2. The van der Waals surface area contributed by atoms with Gasteiger partial charge in [-0.15, -0.1) is 0 Å². The molecule has 3 atom stereocenters. The number of ether oxygens (including phenoxy) is 2. The molecule has 2 aliphatic heterocycles. The van der Waals surface area contributed by atoms with Crippen LogP contribution in [0.5, 0.6) is 5.75 Å². The molecule has 2 N–H and O–H groups in total. The van der Waals surface area contributed by atoms with Gasteiger partial charge in [0.2, 0.25) is 0 Å². The van der Waals surface area contributed by atoms with E-state index >= 15 is 0 Å². The van der Waals surface area contributed by atoms with E-state index in [4.69, 9.17) is 21.1 Å². The minimum atomic E-state index is -1.47. The summed E-state index contributed by atoms with van der Waals surface area (Å²) < 4.78 is 11.4. The van der Waals surface area contributed by atoms with Gasteiger partial charge in [0, 0.05) is 34.8 Å². The van der Waals surface area contributed by atoms with Crippen molar-refractivity contribution < 1.29 is 24.2 Å². The number of aliphatic hydroxyl groups is 1. The van der Waals surface area contributed by atoms with Crippen molar-refractivity contribution >= 4 is 29.2 Å². The number of likely N-dealkylation sites (tertiary alicyclic amines) is 1. The highest BCUT2D eigenvalue weighted by Crippen LogP contribution is 2.51. The van der Waals surface area contributed by atoms with Crippen LogP contribution in [0.1, 0.15) is 28.7 Å². The van der Waals surface area contributed by atoms with Gasteiger partial charge in [-0.25, -0.2) is 0 Å². The van der Waals surface area contributed by atoms with Gasteiger partial charge in [0.05, 0.1) is 13.2 Å². The van der Waals surface area contributed by atoms with E-state index in [1.807, 2.05) is 49.4 Å². The average Bonchev–Trinajstić information content (AvgIpc) is 3.40. The van der Waals surface area contributed by atoms with Gasteiger partial charge in [0.1, 0.15) is 18.4 Å². The van der Waals surface area contributed by atoms with Gasteiger partial charge in [-0.05, 0) is 42.8 Å². The lowest BCUT2D eigenvalue weighted by molar-refractivity contribution is -0.153. The normalized spacial score (nSPS) is 23.3. The number of hydrogen-bond acceptors (Lipinski definition) is 6. The Bertz CT molecular complexity index is 1310. The number of nitrogens with zero attached hydrogens (tertiary/aromatic N) is 1. The molecule has 1 fully saturated rings. The number of nitrogens with one attached hydrogen (secondary N) is 1. The largest absolute Gasteiger partial charge is 0.496 e. The summed E-state index contributed by atoms with van der Waals surface area (Å²) in [5.74, 6) is -0.371. The lowest BCUT2D eigenvalue weighted by Gasteiger charge is -2.41. The topological polar surface area (TPSA) is 88.1 Å². The van der Waals surface area contributed by atoms with Gasteiger partial charge in [-0.2, -0.15) is 0 Å². The first-order valence-corrected chi connectivity index (χ1v) is 12.1. The number of hydrogen-bond donors (Lipinski definition) is 2. The monoisotopic (exact) mass is 506 g/mol. The summed E-state index contributed by atoms with van der Waals surface area (Å²) in [5.41, 5.74) is 2.05. The minimum absolute atomic E-state index is 0.0849. The molecule has 0 radical (unpaired) electrons. The highest BCUT2D eigenvalue weighted by molar-refractivity contribution is 6.31. The number of esters is 1. The molecule has 36 heavy (non-hydrogen) atoms. The van der Waals surface area contributed by atoms with Crippen molar-refractivity contribution in [3.8, 4) is 5.75 Å². The Labute approximate surface area is 214 Å². The second-order valence-electron chi connectivity index (χ2n) is 9.21. The van der Waals surface area contributed by atoms with Crippen molar-refractivity contribution in [2.75, 3.05) is 19.0 Å². The molecule has 1 saturated heterocycles. The van der Waals surface area contributed by atoms with Crippen LogP contribution >= 0.6 is 11.6 Å². The maximum atomic E-state index is 14.0.